The third-order valence-electron chi connectivity index (χ3n) is 5.06. The Hall–Kier alpha value is -1.64. The van der Waals surface area contributed by atoms with Crippen molar-refractivity contribution in [3.63, 3.8) is 0 Å². The summed E-state index contributed by atoms with van der Waals surface area (Å²) in [5.74, 6) is 0.707. The smallest absolute Gasteiger partial charge is 0.0270 e. The van der Waals surface area contributed by atoms with Crippen LogP contribution in [-0.2, 0) is 25.9 Å². The SMILES string of the molecule is CC(C)Cc1cccc(CN2Cc3ccccc3C[C@H]2CN(C)C)c1. The Labute approximate surface area is 153 Å². The van der Waals surface area contributed by atoms with E-state index in [1.807, 2.05) is 0 Å². The van der Waals surface area contributed by atoms with Crippen LogP contribution >= 0.6 is 0 Å². The number of hydrogen-bond donors (Lipinski definition) is 0. The second-order valence-electron chi connectivity index (χ2n) is 8.21. The highest BCUT2D eigenvalue weighted by atomic mass is 15.2. The lowest BCUT2D eigenvalue weighted by atomic mass is 9.93. The molecule has 2 aromatic rings. The van der Waals surface area contributed by atoms with Crippen LogP contribution in [0.25, 0.3) is 0 Å². The molecule has 0 aliphatic carbocycles. The van der Waals surface area contributed by atoms with Gasteiger partial charge in [-0.15, -0.1) is 0 Å². The van der Waals surface area contributed by atoms with Crippen LogP contribution in [0.15, 0.2) is 48.5 Å². The van der Waals surface area contributed by atoms with Crippen LogP contribution < -0.4 is 0 Å². The lowest BCUT2D eigenvalue weighted by molar-refractivity contribution is 0.133. The molecule has 2 heteroatoms. The van der Waals surface area contributed by atoms with Crippen molar-refractivity contribution in [2.45, 2.75) is 45.8 Å². The molecule has 0 aromatic heterocycles. The van der Waals surface area contributed by atoms with Gasteiger partial charge in [0.25, 0.3) is 0 Å². The van der Waals surface area contributed by atoms with Gasteiger partial charge in [0.2, 0.25) is 0 Å². The molecule has 134 valence electrons. The Morgan fingerprint density at radius 2 is 1.72 bits per heavy atom. The highest BCUT2D eigenvalue weighted by Gasteiger charge is 2.26. The number of likely N-dealkylation sites (N-methyl/N-ethyl adjacent to an activating group) is 1. The fourth-order valence-corrected chi connectivity index (χ4v) is 3.99. The van der Waals surface area contributed by atoms with Crippen molar-refractivity contribution in [2.24, 2.45) is 5.92 Å². The van der Waals surface area contributed by atoms with Crippen LogP contribution in [0, 0.1) is 5.92 Å². The van der Waals surface area contributed by atoms with Crippen molar-refractivity contribution in [2.75, 3.05) is 20.6 Å². The zero-order valence-corrected chi connectivity index (χ0v) is 16.2. The van der Waals surface area contributed by atoms with E-state index in [1.165, 1.54) is 22.3 Å². The summed E-state index contributed by atoms with van der Waals surface area (Å²) in [5.41, 5.74) is 5.94. The highest BCUT2D eigenvalue weighted by molar-refractivity contribution is 5.31. The second kappa shape index (κ2) is 8.16. The summed E-state index contributed by atoms with van der Waals surface area (Å²) < 4.78 is 0. The maximum absolute atomic E-state index is 2.66. The average Bonchev–Trinajstić information content (AvgIpc) is 2.54. The molecule has 25 heavy (non-hydrogen) atoms. The van der Waals surface area contributed by atoms with Gasteiger partial charge < -0.3 is 4.90 Å². The zero-order chi connectivity index (χ0) is 17.8. The first-order chi connectivity index (χ1) is 12.0. The van der Waals surface area contributed by atoms with Gasteiger partial charge in [-0.1, -0.05) is 62.4 Å². The van der Waals surface area contributed by atoms with Gasteiger partial charge >= 0.3 is 0 Å². The first-order valence-corrected chi connectivity index (χ1v) is 9.54. The minimum Gasteiger partial charge on any atom is -0.308 e. The second-order valence-corrected chi connectivity index (χ2v) is 8.21. The summed E-state index contributed by atoms with van der Waals surface area (Å²) in [6, 6.07) is 18.7. The molecular formula is C23H32N2. The molecule has 0 spiro atoms. The van der Waals surface area contributed by atoms with E-state index in [1.54, 1.807) is 0 Å². The van der Waals surface area contributed by atoms with Gasteiger partial charge in [0, 0.05) is 25.7 Å². The molecule has 1 aliphatic heterocycles. The van der Waals surface area contributed by atoms with E-state index < -0.39 is 0 Å². The molecular weight excluding hydrogens is 304 g/mol. The van der Waals surface area contributed by atoms with Crippen LogP contribution in [0.1, 0.15) is 36.1 Å². The molecule has 1 atom stereocenters. The minimum atomic E-state index is 0.582. The molecule has 2 aromatic carbocycles. The molecule has 1 aliphatic rings. The third kappa shape index (κ3) is 4.93. The van der Waals surface area contributed by atoms with Crippen molar-refractivity contribution >= 4 is 0 Å². The first kappa shape index (κ1) is 18.2. The van der Waals surface area contributed by atoms with Gasteiger partial charge in [-0.05, 0) is 55.1 Å². The highest BCUT2D eigenvalue weighted by Crippen LogP contribution is 2.25. The number of fused-ring (bicyclic) bond motifs is 1. The molecule has 0 N–H and O–H groups in total. The monoisotopic (exact) mass is 336 g/mol. The Bertz CT molecular complexity index is 690. The summed E-state index contributed by atoms with van der Waals surface area (Å²) in [7, 11) is 4.36. The Morgan fingerprint density at radius 1 is 1.00 bits per heavy atom. The number of benzene rings is 2. The molecule has 1 heterocycles. The first-order valence-electron chi connectivity index (χ1n) is 9.54. The van der Waals surface area contributed by atoms with Gasteiger partial charge in [0.05, 0.1) is 0 Å². The molecule has 0 bridgehead atoms. The van der Waals surface area contributed by atoms with Crippen LogP contribution in [0.5, 0.6) is 0 Å². The van der Waals surface area contributed by atoms with Crippen molar-refractivity contribution in [1.29, 1.82) is 0 Å². The van der Waals surface area contributed by atoms with Crippen LogP contribution in [0.3, 0.4) is 0 Å². The van der Waals surface area contributed by atoms with E-state index in [2.05, 4.69) is 86.3 Å². The normalized spacial score (nSPS) is 17.9. The van der Waals surface area contributed by atoms with Crippen LogP contribution in [0.2, 0.25) is 0 Å². The van der Waals surface area contributed by atoms with Crippen LogP contribution in [-0.4, -0.2) is 36.5 Å². The average molecular weight is 337 g/mol. The Morgan fingerprint density at radius 3 is 2.44 bits per heavy atom. The van der Waals surface area contributed by atoms with Crippen molar-refractivity contribution in [3.8, 4) is 0 Å². The summed E-state index contributed by atoms with van der Waals surface area (Å²) >= 11 is 0. The molecule has 2 nitrogen and oxygen atoms in total. The van der Waals surface area contributed by atoms with Gasteiger partial charge in [-0.3, -0.25) is 4.90 Å². The Balaban J connectivity index is 1.79. The summed E-state index contributed by atoms with van der Waals surface area (Å²) in [6.07, 6.45) is 2.32. The van der Waals surface area contributed by atoms with E-state index >= 15 is 0 Å². The van der Waals surface area contributed by atoms with E-state index in [9.17, 15) is 0 Å². The largest absolute Gasteiger partial charge is 0.308 e. The maximum Gasteiger partial charge on any atom is 0.0270 e. The molecule has 0 saturated carbocycles. The van der Waals surface area contributed by atoms with Crippen molar-refractivity contribution < 1.29 is 0 Å². The fraction of sp³-hybridized carbons (Fsp3) is 0.478. The van der Waals surface area contributed by atoms with E-state index in [4.69, 9.17) is 0 Å². The summed E-state index contributed by atoms with van der Waals surface area (Å²) in [4.78, 5) is 4.98. The summed E-state index contributed by atoms with van der Waals surface area (Å²) in [5, 5.41) is 0. The predicted molar refractivity (Wildman–Crippen MR) is 107 cm³/mol. The molecule has 0 fully saturated rings. The zero-order valence-electron chi connectivity index (χ0n) is 16.2. The maximum atomic E-state index is 2.66. The van der Waals surface area contributed by atoms with Gasteiger partial charge in [-0.25, -0.2) is 0 Å². The molecule has 0 radical (unpaired) electrons. The molecule has 3 rings (SSSR count). The van der Waals surface area contributed by atoms with E-state index in [0.717, 1.165) is 32.5 Å². The van der Waals surface area contributed by atoms with Gasteiger partial charge in [0.15, 0.2) is 0 Å². The van der Waals surface area contributed by atoms with Gasteiger partial charge in [-0.2, -0.15) is 0 Å². The molecule has 0 unspecified atom stereocenters. The number of hydrogen-bond acceptors (Lipinski definition) is 2. The van der Waals surface area contributed by atoms with E-state index in [-0.39, 0.29) is 0 Å². The topological polar surface area (TPSA) is 6.48 Å². The van der Waals surface area contributed by atoms with Crippen LogP contribution in [0.4, 0.5) is 0 Å². The van der Waals surface area contributed by atoms with Crippen molar-refractivity contribution in [1.82, 2.24) is 9.80 Å². The number of nitrogens with zero attached hydrogens (tertiary/aromatic N) is 2. The third-order valence-corrected chi connectivity index (χ3v) is 5.06. The Kier molecular flexibility index (Phi) is 5.93. The summed E-state index contributed by atoms with van der Waals surface area (Å²) in [6.45, 7) is 7.80. The fourth-order valence-electron chi connectivity index (χ4n) is 3.99. The number of rotatable bonds is 6. The molecule has 0 amide bonds. The lowest BCUT2D eigenvalue weighted by Crippen LogP contribution is -2.45. The van der Waals surface area contributed by atoms with Gasteiger partial charge in [0.1, 0.15) is 0 Å². The molecule has 0 saturated heterocycles. The van der Waals surface area contributed by atoms with Crippen molar-refractivity contribution in [3.05, 3.63) is 70.8 Å². The minimum absolute atomic E-state index is 0.582. The quantitative estimate of drug-likeness (QED) is 0.773. The van der Waals surface area contributed by atoms with E-state index in [0.29, 0.717) is 12.0 Å². The lowest BCUT2D eigenvalue weighted by Gasteiger charge is -2.38. The predicted octanol–water partition coefficient (Wildman–Crippen LogP) is 4.37. The standard InChI is InChI=1S/C23H32N2/c1-18(2)12-19-8-7-9-20(13-19)15-25-16-22-11-6-5-10-21(22)14-23(25)17-24(3)4/h5-11,13,18,23H,12,14-17H2,1-4H3/t23-/m0/s1.